The molecule has 0 aliphatic rings. The third-order valence-electron chi connectivity index (χ3n) is 2.26. The minimum absolute atomic E-state index is 0.0998. The van der Waals surface area contributed by atoms with Gasteiger partial charge in [0, 0.05) is 22.2 Å². The van der Waals surface area contributed by atoms with Crippen LogP contribution in [-0.4, -0.2) is 12.1 Å². The molecule has 0 atom stereocenters. The predicted octanol–water partition coefficient (Wildman–Crippen LogP) is 3.30. The quantitative estimate of drug-likeness (QED) is 0.881. The van der Waals surface area contributed by atoms with Crippen molar-refractivity contribution in [3.05, 3.63) is 28.2 Å². The van der Waals surface area contributed by atoms with Gasteiger partial charge in [0.2, 0.25) is 0 Å². The number of rotatable bonds is 4. The maximum atomic E-state index is 5.91. The normalized spacial score (nSPS) is 11.5. The highest BCUT2D eigenvalue weighted by atomic mass is 79.9. The summed E-state index contributed by atoms with van der Waals surface area (Å²) in [5.41, 5.74) is 8.20. The van der Waals surface area contributed by atoms with Crippen LogP contribution in [0.4, 0.5) is 5.69 Å². The summed E-state index contributed by atoms with van der Waals surface area (Å²) >= 11 is 3.48. The van der Waals surface area contributed by atoms with Gasteiger partial charge < -0.3 is 11.1 Å². The molecule has 0 heterocycles. The molecule has 0 aliphatic carbocycles. The van der Waals surface area contributed by atoms with E-state index in [4.69, 9.17) is 5.73 Å². The fourth-order valence-electron chi connectivity index (χ4n) is 1.28. The Hall–Kier alpha value is -0.540. The molecule has 0 spiro atoms. The zero-order valence-corrected chi connectivity index (χ0v) is 11.2. The third kappa shape index (κ3) is 4.67. The summed E-state index contributed by atoms with van der Waals surface area (Å²) in [7, 11) is 0. The molecule has 0 bridgehead atoms. The number of benzene rings is 1. The van der Waals surface area contributed by atoms with E-state index in [9.17, 15) is 0 Å². The van der Waals surface area contributed by atoms with Gasteiger partial charge in [-0.05, 0) is 51.0 Å². The number of aryl methyl sites for hydroxylation is 1. The van der Waals surface area contributed by atoms with Crippen LogP contribution in [-0.2, 0) is 0 Å². The van der Waals surface area contributed by atoms with Crippen LogP contribution in [0, 0.1) is 6.92 Å². The molecule has 0 unspecified atom stereocenters. The van der Waals surface area contributed by atoms with Crippen LogP contribution < -0.4 is 11.1 Å². The first-order valence-electron chi connectivity index (χ1n) is 5.17. The lowest BCUT2D eigenvalue weighted by molar-refractivity contribution is 0.491. The van der Waals surface area contributed by atoms with E-state index in [1.807, 2.05) is 13.8 Å². The Morgan fingerprint density at radius 1 is 1.40 bits per heavy atom. The second-order valence-electron chi connectivity index (χ2n) is 4.63. The molecule has 0 radical (unpaired) electrons. The van der Waals surface area contributed by atoms with Crippen LogP contribution >= 0.6 is 15.9 Å². The van der Waals surface area contributed by atoms with Crippen molar-refractivity contribution in [1.82, 2.24) is 0 Å². The molecule has 0 fully saturated rings. The van der Waals surface area contributed by atoms with E-state index in [1.165, 1.54) is 5.56 Å². The topological polar surface area (TPSA) is 38.0 Å². The minimum Gasteiger partial charge on any atom is -0.385 e. The summed E-state index contributed by atoms with van der Waals surface area (Å²) in [6.45, 7) is 7.08. The number of hydrogen-bond donors (Lipinski definition) is 2. The van der Waals surface area contributed by atoms with E-state index in [1.54, 1.807) is 0 Å². The van der Waals surface area contributed by atoms with Crippen molar-refractivity contribution in [2.75, 3.05) is 11.9 Å². The second-order valence-corrected chi connectivity index (χ2v) is 5.48. The summed E-state index contributed by atoms with van der Waals surface area (Å²) < 4.78 is 1.15. The van der Waals surface area contributed by atoms with Gasteiger partial charge in [-0.15, -0.1) is 0 Å². The molecular weight excluding hydrogens is 252 g/mol. The van der Waals surface area contributed by atoms with Crippen LogP contribution in [0.25, 0.3) is 0 Å². The Morgan fingerprint density at radius 3 is 2.60 bits per heavy atom. The lowest BCUT2D eigenvalue weighted by Crippen LogP contribution is -2.34. The number of nitrogens with one attached hydrogen (secondary N) is 1. The largest absolute Gasteiger partial charge is 0.385 e. The molecule has 3 heteroatoms. The van der Waals surface area contributed by atoms with E-state index in [0.717, 1.165) is 23.1 Å². The number of halogens is 1. The molecule has 0 aromatic heterocycles. The average Bonchev–Trinajstić information content (AvgIpc) is 2.09. The molecule has 0 amide bonds. The zero-order valence-electron chi connectivity index (χ0n) is 9.60. The van der Waals surface area contributed by atoms with E-state index >= 15 is 0 Å². The van der Waals surface area contributed by atoms with Crippen molar-refractivity contribution in [3.8, 4) is 0 Å². The first kappa shape index (κ1) is 12.5. The molecule has 1 aromatic carbocycles. The second kappa shape index (κ2) is 4.99. The molecule has 2 nitrogen and oxygen atoms in total. The highest BCUT2D eigenvalue weighted by molar-refractivity contribution is 9.10. The van der Waals surface area contributed by atoms with Crippen LogP contribution in [0.15, 0.2) is 22.7 Å². The van der Waals surface area contributed by atoms with Gasteiger partial charge in [0.25, 0.3) is 0 Å². The van der Waals surface area contributed by atoms with Gasteiger partial charge in [0.15, 0.2) is 0 Å². The Balaban J connectivity index is 2.48. The monoisotopic (exact) mass is 270 g/mol. The number of anilines is 1. The van der Waals surface area contributed by atoms with E-state index in [2.05, 4.69) is 46.4 Å². The summed E-state index contributed by atoms with van der Waals surface area (Å²) in [4.78, 5) is 0. The fraction of sp³-hybridized carbons (Fsp3) is 0.500. The standard InChI is InChI=1S/C12H19BrN2/c1-9-8-10(4-5-11(9)13)15-7-6-12(2,3)14/h4-5,8,15H,6-7,14H2,1-3H3. The first-order chi connectivity index (χ1) is 6.88. The van der Waals surface area contributed by atoms with Gasteiger partial charge >= 0.3 is 0 Å². The maximum absolute atomic E-state index is 5.91. The first-order valence-corrected chi connectivity index (χ1v) is 5.97. The number of hydrogen-bond acceptors (Lipinski definition) is 2. The van der Waals surface area contributed by atoms with Crippen molar-refractivity contribution in [1.29, 1.82) is 0 Å². The van der Waals surface area contributed by atoms with Gasteiger partial charge in [-0.2, -0.15) is 0 Å². The van der Waals surface area contributed by atoms with Crippen LogP contribution in [0.1, 0.15) is 25.8 Å². The van der Waals surface area contributed by atoms with Gasteiger partial charge in [-0.1, -0.05) is 15.9 Å². The van der Waals surface area contributed by atoms with Crippen LogP contribution in [0.2, 0.25) is 0 Å². The van der Waals surface area contributed by atoms with E-state index in [-0.39, 0.29) is 5.54 Å². The molecule has 0 saturated carbocycles. The van der Waals surface area contributed by atoms with Gasteiger partial charge in [0.05, 0.1) is 0 Å². The summed E-state index contributed by atoms with van der Waals surface area (Å²) in [5, 5.41) is 3.37. The smallest absolute Gasteiger partial charge is 0.0343 e. The van der Waals surface area contributed by atoms with E-state index < -0.39 is 0 Å². The third-order valence-corrected chi connectivity index (χ3v) is 3.15. The van der Waals surface area contributed by atoms with E-state index in [0.29, 0.717) is 0 Å². The Morgan fingerprint density at radius 2 is 2.07 bits per heavy atom. The minimum atomic E-state index is -0.0998. The van der Waals surface area contributed by atoms with Crippen molar-refractivity contribution in [2.24, 2.45) is 5.73 Å². The molecular formula is C12H19BrN2. The van der Waals surface area contributed by atoms with Gasteiger partial charge in [0.1, 0.15) is 0 Å². The van der Waals surface area contributed by atoms with Gasteiger partial charge in [-0.25, -0.2) is 0 Å². The van der Waals surface area contributed by atoms with Crippen LogP contribution in [0.5, 0.6) is 0 Å². The van der Waals surface area contributed by atoms with Gasteiger partial charge in [-0.3, -0.25) is 0 Å². The summed E-state index contributed by atoms with van der Waals surface area (Å²) in [6.07, 6.45) is 0.960. The fourth-order valence-corrected chi connectivity index (χ4v) is 1.53. The highest BCUT2D eigenvalue weighted by Gasteiger charge is 2.09. The molecule has 0 saturated heterocycles. The van der Waals surface area contributed by atoms with Crippen molar-refractivity contribution < 1.29 is 0 Å². The van der Waals surface area contributed by atoms with Crippen molar-refractivity contribution in [2.45, 2.75) is 32.7 Å². The molecule has 0 aliphatic heterocycles. The molecule has 1 aromatic rings. The molecule has 84 valence electrons. The Labute approximate surface area is 100 Å². The summed E-state index contributed by atoms with van der Waals surface area (Å²) in [6, 6.07) is 6.26. The molecule has 1 rings (SSSR count). The average molecular weight is 271 g/mol. The lowest BCUT2D eigenvalue weighted by Gasteiger charge is -2.18. The van der Waals surface area contributed by atoms with Crippen molar-refractivity contribution in [3.63, 3.8) is 0 Å². The maximum Gasteiger partial charge on any atom is 0.0343 e. The summed E-state index contributed by atoms with van der Waals surface area (Å²) in [5.74, 6) is 0. The lowest BCUT2D eigenvalue weighted by atomic mass is 10.0. The van der Waals surface area contributed by atoms with Crippen molar-refractivity contribution >= 4 is 21.6 Å². The Kier molecular flexibility index (Phi) is 4.17. The predicted molar refractivity (Wildman–Crippen MR) is 70.3 cm³/mol. The molecule has 15 heavy (non-hydrogen) atoms. The highest BCUT2D eigenvalue weighted by Crippen LogP contribution is 2.20. The van der Waals surface area contributed by atoms with Crippen LogP contribution in [0.3, 0.4) is 0 Å². The zero-order chi connectivity index (χ0) is 11.5. The number of nitrogens with two attached hydrogens (primary N) is 1. The SMILES string of the molecule is Cc1cc(NCCC(C)(C)N)ccc1Br. The Bertz CT molecular complexity index is 329. The molecule has 3 N–H and O–H groups in total.